The van der Waals surface area contributed by atoms with Gasteiger partial charge in [-0.2, -0.15) is 15.0 Å². The first-order chi connectivity index (χ1) is 14.4. The van der Waals surface area contributed by atoms with E-state index in [1.807, 2.05) is 0 Å². The van der Waals surface area contributed by atoms with Gasteiger partial charge in [-0.05, 0) is 110 Å². The van der Waals surface area contributed by atoms with Crippen molar-refractivity contribution in [3.8, 4) is 11.3 Å². The fourth-order valence-corrected chi connectivity index (χ4v) is 8.54. The second-order valence-electron chi connectivity index (χ2n) is 10.8. The molecule has 0 aliphatic heterocycles. The van der Waals surface area contributed by atoms with Crippen LogP contribution >= 0.6 is 11.6 Å². The Labute approximate surface area is 185 Å². The molecule has 1 aromatic heterocycles. The van der Waals surface area contributed by atoms with Crippen LogP contribution in [0.15, 0.2) is 24.5 Å². The van der Waals surface area contributed by atoms with Crippen LogP contribution in [0, 0.1) is 52.2 Å². The van der Waals surface area contributed by atoms with Gasteiger partial charge >= 0.3 is 0 Å². The predicted octanol–water partition coefficient (Wildman–Crippen LogP) is 5.03. The molecule has 0 spiro atoms. The summed E-state index contributed by atoms with van der Waals surface area (Å²) in [5.41, 5.74) is 0.832. The van der Waals surface area contributed by atoms with Gasteiger partial charge in [0.15, 0.2) is 0 Å². The summed E-state index contributed by atoms with van der Waals surface area (Å²) in [6, 6.07) is 0. The molecule has 5 rings (SSSR count). The van der Waals surface area contributed by atoms with E-state index >= 15 is 0 Å². The molecule has 0 amide bonds. The molecule has 4 aliphatic rings. The SMILES string of the molecule is C=C(Cn1nccn1)[C@H]1CC[C@H]2[C@@H]3CC[C@H]4C[C@@](O)(C#CCl)CC[C@@H]4[C@H]3CC[C@]12C. The number of rotatable bonds is 3. The first-order valence-corrected chi connectivity index (χ1v) is 12.2. The van der Waals surface area contributed by atoms with Gasteiger partial charge in [-0.3, -0.25) is 0 Å². The number of allylic oxidation sites excluding steroid dienone is 1. The Morgan fingerprint density at radius 2 is 1.87 bits per heavy atom. The van der Waals surface area contributed by atoms with Crippen LogP contribution in [0.2, 0.25) is 0 Å². The molecular formula is C25H34ClN3O. The Kier molecular flexibility index (Phi) is 5.27. The molecule has 4 saturated carbocycles. The maximum atomic E-state index is 10.8. The first kappa shape index (κ1) is 20.6. The molecule has 1 heterocycles. The predicted molar refractivity (Wildman–Crippen MR) is 118 cm³/mol. The number of aliphatic hydroxyl groups is 1. The van der Waals surface area contributed by atoms with Crippen molar-refractivity contribution >= 4 is 11.6 Å². The van der Waals surface area contributed by atoms with Crippen LogP contribution in [0.1, 0.15) is 64.7 Å². The highest BCUT2D eigenvalue weighted by atomic mass is 35.5. The maximum absolute atomic E-state index is 10.8. The summed E-state index contributed by atoms with van der Waals surface area (Å²) < 4.78 is 0. The minimum absolute atomic E-state index is 0.373. The van der Waals surface area contributed by atoms with E-state index in [1.165, 1.54) is 44.1 Å². The molecule has 4 nitrogen and oxygen atoms in total. The smallest absolute Gasteiger partial charge is 0.127 e. The third-order valence-electron chi connectivity index (χ3n) is 9.59. The summed E-state index contributed by atoms with van der Waals surface area (Å²) in [6.45, 7) is 7.80. The lowest BCUT2D eigenvalue weighted by Crippen LogP contribution is -2.50. The van der Waals surface area contributed by atoms with Gasteiger partial charge in [0.05, 0.1) is 18.9 Å². The fourth-order valence-electron chi connectivity index (χ4n) is 8.37. The number of nitrogens with zero attached hydrogens (tertiary/aromatic N) is 3. The average molecular weight is 428 g/mol. The number of halogens is 1. The van der Waals surface area contributed by atoms with Crippen molar-refractivity contribution in [3.05, 3.63) is 24.5 Å². The number of fused-ring (bicyclic) bond motifs is 5. The van der Waals surface area contributed by atoms with Crippen molar-refractivity contribution in [3.63, 3.8) is 0 Å². The first-order valence-electron chi connectivity index (χ1n) is 11.8. The van der Waals surface area contributed by atoms with Gasteiger partial charge in [0.2, 0.25) is 0 Å². The lowest BCUT2D eigenvalue weighted by Gasteiger charge is -2.57. The summed E-state index contributed by atoms with van der Waals surface area (Å²) in [5, 5.41) is 21.9. The molecule has 8 atom stereocenters. The van der Waals surface area contributed by atoms with Gasteiger partial charge in [-0.25, -0.2) is 0 Å². The van der Waals surface area contributed by atoms with Gasteiger partial charge in [-0.1, -0.05) is 25.0 Å². The third kappa shape index (κ3) is 3.33. The molecule has 0 radical (unpaired) electrons. The molecule has 5 heteroatoms. The molecule has 0 saturated heterocycles. The van der Waals surface area contributed by atoms with E-state index in [0.717, 1.165) is 49.5 Å². The van der Waals surface area contributed by atoms with Crippen LogP contribution in [-0.2, 0) is 6.54 Å². The third-order valence-corrected chi connectivity index (χ3v) is 9.69. The molecule has 0 bridgehead atoms. The van der Waals surface area contributed by atoms with E-state index < -0.39 is 5.60 Å². The van der Waals surface area contributed by atoms with Gasteiger partial charge in [-0.15, -0.1) is 0 Å². The zero-order valence-electron chi connectivity index (χ0n) is 18.1. The highest BCUT2D eigenvalue weighted by Gasteiger charge is 2.58. The molecule has 1 aromatic rings. The van der Waals surface area contributed by atoms with Crippen molar-refractivity contribution in [1.82, 2.24) is 15.0 Å². The van der Waals surface area contributed by atoms with Gasteiger partial charge in [0, 0.05) is 5.38 Å². The van der Waals surface area contributed by atoms with Crippen LogP contribution in [0.4, 0.5) is 0 Å². The summed E-state index contributed by atoms with van der Waals surface area (Å²) in [4.78, 5) is 1.78. The quantitative estimate of drug-likeness (QED) is 0.543. The Morgan fingerprint density at radius 1 is 1.10 bits per heavy atom. The molecule has 30 heavy (non-hydrogen) atoms. The lowest BCUT2D eigenvalue weighted by molar-refractivity contribution is -0.0874. The second kappa shape index (κ2) is 7.68. The molecule has 1 N–H and O–H groups in total. The summed E-state index contributed by atoms with van der Waals surface area (Å²) in [7, 11) is 0. The Morgan fingerprint density at radius 3 is 2.63 bits per heavy atom. The highest BCUT2D eigenvalue weighted by molar-refractivity contribution is 6.30. The van der Waals surface area contributed by atoms with Gasteiger partial charge in [0.25, 0.3) is 0 Å². The Hall–Kier alpha value is -1.31. The normalized spacial score (nSPS) is 44.9. The van der Waals surface area contributed by atoms with Crippen LogP contribution < -0.4 is 0 Å². The molecule has 4 aliphatic carbocycles. The van der Waals surface area contributed by atoms with E-state index in [1.54, 1.807) is 17.2 Å². The van der Waals surface area contributed by atoms with Crippen LogP contribution in [-0.4, -0.2) is 25.7 Å². The molecular weight excluding hydrogens is 394 g/mol. The van der Waals surface area contributed by atoms with Crippen molar-refractivity contribution in [1.29, 1.82) is 0 Å². The zero-order valence-corrected chi connectivity index (χ0v) is 18.8. The van der Waals surface area contributed by atoms with Crippen LogP contribution in [0.25, 0.3) is 0 Å². The standard InChI is InChI=1S/C25H34ClN3O/c1-17(16-29-27-13-14-28-29)22-5-6-23-21-4-3-18-15-25(30,11-12-26)10-8-19(18)20(21)7-9-24(22,23)2/h13-14,18-23,30H,1,3-10,15-16H2,2H3/t18-,19-,20+,21+,22+,23-,24+,25-/m0/s1. The number of hydrogen-bond acceptors (Lipinski definition) is 3. The second-order valence-corrected chi connectivity index (χ2v) is 11.0. The minimum atomic E-state index is -0.852. The van der Waals surface area contributed by atoms with Crippen LogP contribution in [0.3, 0.4) is 0 Å². The van der Waals surface area contributed by atoms with E-state index in [-0.39, 0.29) is 0 Å². The minimum Gasteiger partial charge on any atom is -0.378 e. The Bertz CT molecular complexity index is 857. The molecule has 0 aromatic carbocycles. The monoisotopic (exact) mass is 427 g/mol. The zero-order chi connectivity index (χ0) is 20.9. The molecule has 0 unspecified atom stereocenters. The van der Waals surface area contributed by atoms with Crippen molar-refractivity contribution in [2.45, 2.75) is 76.9 Å². The fraction of sp³-hybridized carbons (Fsp3) is 0.760. The Balaban J connectivity index is 1.31. The number of hydrogen-bond donors (Lipinski definition) is 1. The number of aromatic nitrogens is 3. The van der Waals surface area contributed by atoms with Crippen molar-refractivity contribution in [2.24, 2.45) is 40.9 Å². The highest BCUT2D eigenvalue weighted by Crippen LogP contribution is 2.65. The average Bonchev–Trinajstić information content (AvgIpc) is 3.34. The van der Waals surface area contributed by atoms with Crippen molar-refractivity contribution < 1.29 is 5.11 Å². The topological polar surface area (TPSA) is 50.9 Å². The van der Waals surface area contributed by atoms with Crippen LogP contribution in [0.5, 0.6) is 0 Å². The summed E-state index contributed by atoms with van der Waals surface area (Å²) in [5.74, 6) is 7.35. The van der Waals surface area contributed by atoms with Crippen molar-refractivity contribution in [2.75, 3.05) is 0 Å². The largest absolute Gasteiger partial charge is 0.378 e. The van der Waals surface area contributed by atoms with Gasteiger partial charge < -0.3 is 5.11 Å². The molecule has 4 fully saturated rings. The maximum Gasteiger partial charge on any atom is 0.127 e. The van der Waals surface area contributed by atoms with E-state index in [0.29, 0.717) is 17.3 Å². The molecule has 162 valence electrons. The summed E-state index contributed by atoms with van der Waals surface area (Å²) in [6.07, 6.45) is 14.0. The van der Waals surface area contributed by atoms with E-state index in [2.05, 4.69) is 35.0 Å². The van der Waals surface area contributed by atoms with E-state index in [4.69, 9.17) is 11.6 Å². The summed E-state index contributed by atoms with van der Waals surface area (Å²) >= 11 is 5.63. The van der Waals surface area contributed by atoms with Gasteiger partial charge in [0.1, 0.15) is 5.60 Å². The lowest BCUT2D eigenvalue weighted by atomic mass is 9.48. The van der Waals surface area contributed by atoms with E-state index in [9.17, 15) is 5.11 Å².